The number of thioether (sulfide) groups is 1. The van der Waals surface area contributed by atoms with Crippen molar-refractivity contribution in [1.82, 2.24) is 4.90 Å². The van der Waals surface area contributed by atoms with E-state index in [1.165, 1.54) is 11.8 Å². The molecule has 0 aromatic heterocycles. The van der Waals surface area contributed by atoms with Crippen molar-refractivity contribution in [3.8, 4) is 5.75 Å². The number of ether oxygens (including phenoxy) is 1. The van der Waals surface area contributed by atoms with Crippen LogP contribution in [0.4, 0.5) is 4.79 Å². The number of hydrogen-bond donors (Lipinski definition) is 0. The lowest BCUT2D eigenvalue weighted by Crippen LogP contribution is -2.41. The molecule has 1 aromatic rings. The monoisotopic (exact) mass is 305 g/mol. The summed E-state index contributed by atoms with van der Waals surface area (Å²) in [5.74, 6) is 0.844. The Morgan fingerprint density at radius 3 is 2.52 bits per heavy atom. The van der Waals surface area contributed by atoms with Crippen LogP contribution in [0.1, 0.15) is 39.2 Å². The number of methoxy groups -OCH3 is 1. The molecule has 1 amide bonds. The zero-order valence-corrected chi connectivity index (χ0v) is 14.0. The van der Waals surface area contributed by atoms with Crippen LogP contribution in [0.5, 0.6) is 5.75 Å². The Labute approximate surface area is 131 Å². The summed E-state index contributed by atoms with van der Waals surface area (Å²) in [7, 11) is 1.66. The standard InChI is InChI=1S/C17H23NO2S/c1-5-6-11-18-16(19)21-15(17(18,2)3)12-13-7-9-14(20-4)10-8-13/h7-10,12H,5-6,11H2,1-4H3/b15-12-. The van der Waals surface area contributed by atoms with Gasteiger partial charge in [0.2, 0.25) is 0 Å². The zero-order valence-electron chi connectivity index (χ0n) is 13.2. The fraction of sp³-hybridized carbons (Fsp3) is 0.471. The lowest BCUT2D eigenvalue weighted by Gasteiger charge is -2.31. The van der Waals surface area contributed by atoms with Crippen LogP contribution in [0.3, 0.4) is 0 Å². The molecular formula is C17H23NO2S. The molecule has 0 atom stereocenters. The fourth-order valence-electron chi connectivity index (χ4n) is 2.38. The number of carbonyl (C=O) groups excluding carboxylic acids is 1. The third-order valence-corrected chi connectivity index (χ3v) is 5.08. The average molecular weight is 305 g/mol. The van der Waals surface area contributed by atoms with Crippen LogP contribution in [0.2, 0.25) is 0 Å². The van der Waals surface area contributed by atoms with Crippen LogP contribution in [0.25, 0.3) is 6.08 Å². The van der Waals surface area contributed by atoms with Crippen molar-refractivity contribution in [1.29, 1.82) is 0 Å². The lowest BCUT2D eigenvalue weighted by molar-refractivity contribution is 0.186. The molecule has 0 radical (unpaired) electrons. The molecule has 0 saturated carbocycles. The molecule has 1 aliphatic heterocycles. The summed E-state index contributed by atoms with van der Waals surface area (Å²) >= 11 is 1.35. The molecule has 1 aliphatic rings. The summed E-state index contributed by atoms with van der Waals surface area (Å²) in [6.45, 7) is 7.22. The number of unbranched alkanes of at least 4 members (excludes halogenated alkanes) is 1. The molecule has 1 saturated heterocycles. The molecule has 0 unspecified atom stereocenters. The van der Waals surface area contributed by atoms with E-state index in [1.54, 1.807) is 7.11 Å². The van der Waals surface area contributed by atoms with Gasteiger partial charge in [-0.25, -0.2) is 0 Å². The van der Waals surface area contributed by atoms with Crippen molar-refractivity contribution < 1.29 is 9.53 Å². The molecule has 3 nitrogen and oxygen atoms in total. The molecule has 2 rings (SSSR count). The minimum Gasteiger partial charge on any atom is -0.497 e. The summed E-state index contributed by atoms with van der Waals surface area (Å²) in [5, 5.41) is 0.160. The topological polar surface area (TPSA) is 29.5 Å². The Morgan fingerprint density at radius 2 is 1.95 bits per heavy atom. The number of carbonyl (C=O) groups is 1. The second kappa shape index (κ2) is 6.56. The van der Waals surface area contributed by atoms with Crippen molar-refractivity contribution in [2.75, 3.05) is 13.7 Å². The second-order valence-corrected chi connectivity index (χ2v) is 6.71. The van der Waals surface area contributed by atoms with Crippen LogP contribution in [-0.4, -0.2) is 29.3 Å². The van der Waals surface area contributed by atoms with Gasteiger partial charge in [0.05, 0.1) is 12.6 Å². The van der Waals surface area contributed by atoms with Gasteiger partial charge in [-0.3, -0.25) is 4.79 Å². The van der Waals surface area contributed by atoms with Crippen LogP contribution in [0.15, 0.2) is 29.2 Å². The number of hydrogen-bond acceptors (Lipinski definition) is 3. The Bertz CT molecular complexity index is 534. The molecule has 0 N–H and O–H groups in total. The molecule has 1 aromatic carbocycles. The Hall–Kier alpha value is -1.42. The smallest absolute Gasteiger partial charge is 0.286 e. The minimum absolute atomic E-state index is 0.160. The highest BCUT2D eigenvalue weighted by Crippen LogP contribution is 2.44. The van der Waals surface area contributed by atoms with Crippen LogP contribution in [-0.2, 0) is 0 Å². The van der Waals surface area contributed by atoms with Gasteiger partial charge in [0.25, 0.3) is 5.24 Å². The third-order valence-electron chi connectivity index (χ3n) is 3.84. The summed E-state index contributed by atoms with van der Waals surface area (Å²) < 4.78 is 5.17. The molecule has 1 fully saturated rings. The van der Waals surface area contributed by atoms with Crippen molar-refractivity contribution in [3.63, 3.8) is 0 Å². The van der Waals surface area contributed by atoms with Crippen molar-refractivity contribution in [2.45, 2.75) is 39.2 Å². The van der Waals surface area contributed by atoms with Gasteiger partial charge in [-0.05, 0) is 55.8 Å². The predicted molar refractivity (Wildman–Crippen MR) is 89.7 cm³/mol. The van der Waals surface area contributed by atoms with Crippen molar-refractivity contribution >= 4 is 23.1 Å². The molecule has 21 heavy (non-hydrogen) atoms. The Morgan fingerprint density at radius 1 is 1.29 bits per heavy atom. The quantitative estimate of drug-likeness (QED) is 0.783. The Balaban J connectivity index is 2.22. The zero-order chi connectivity index (χ0) is 15.5. The van der Waals surface area contributed by atoms with Crippen LogP contribution < -0.4 is 4.74 Å². The third kappa shape index (κ3) is 3.43. The maximum Gasteiger partial charge on any atom is 0.286 e. The van der Waals surface area contributed by atoms with Gasteiger partial charge >= 0.3 is 0 Å². The predicted octanol–water partition coefficient (Wildman–Crippen LogP) is 4.78. The first-order chi connectivity index (χ1) is 9.98. The Kier molecular flexibility index (Phi) is 4.99. The SMILES string of the molecule is CCCCN1C(=O)S/C(=C\c2ccc(OC)cc2)C1(C)C. The number of amides is 1. The number of rotatable bonds is 5. The summed E-state index contributed by atoms with van der Waals surface area (Å²) in [6.07, 6.45) is 4.25. The molecular weight excluding hydrogens is 282 g/mol. The van der Waals surface area contributed by atoms with E-state index in [0.717, 1.165) is 35.6 Å². The van der Waals surface area contributed by atoms with E-state index in [9.17, 15) is 4.79 Å². The highest BCUT2D eigenvalue weighted by Gasteiger charge is 2.42. The van der Waals surface area contributed by atoms with E-state index in [4.69, 9.17) is 4.74 Å². The first kappa shape index (κ1) is 16.0. The van der Waals surface area contributed by atoms with Crippen molar-refractivity contribution in [3.05, 3.63) is 34.7 Å². The summed E-state index contributed by atoms with van der Waals surface area (Å²) in [5.41, 5.74) is 0.869. The van der Waals surface area contributed by atoms with Gasteiger partial charge in [0, 0.05) is 11.4 Å². The van der Waals surface area contributed by atoms with E-state index >= 15 is 0 Å². The molecule has 114 valence electrons. The minimum atomic E-state index is -0.225. The number of nitrogens with zero attached hydrogens (tertiary/aromatic N) is 1. The van der Waals surface area contributed by atoms with E-state index in [1.807, 2.05) is 29.2 Å². The molecule has 0 bridgehead atoms. The van der Waals surface area contributed by atoms with Crippen LogP contribution >= 0.6 is 11.8 Å². The van der Waals surface area contributed by atoms with E-state index in [-0.39, 0.29) is 10.8 Å². The van der Waals surface area contributed by atoms with Gasteiger partial charge in [0.15, 0.2) is 0 Å². The van der Waals surface area contributed by atoms with E-state index in [0.29, 0.717) is 0 Å². The molecule has 1 heterocycles. The van der Waals surface area contributed by atoms with Gasteiger partial charge in [0.1, 0.15) is 5.75 Å². The molecule has 0 aliphatic carbocycles. The van der Waals surface area contributed by atoms with Gasteiger partial charge < -0.3 is 9.64 Å². The van der Waals surface area contributed by atoms with Gasteiger partial charge in [-0.15, -0.1) is 0 Å². The van der Waals surface area contributed by atoms with Crippen molar-refractivity contribution in [2.24, 2.45) is 0 Å². The first-order valence-corrected chi connectivity index (χ1v) is 8.16. The maximum absolute atomic E-state index is 12.2. The fourth-order valence-corrected chi connectivity index (χ4v) is 3.55. The maximum atomic E-state index is 12.2. The first-order valence-electron chi connectivity index (χ1n) is 7.34. The van der Waals surface area contributed by atoms with E-state index in [2.05, 4.69) is 26.8 Å². The van der Waals surface area contributed by atoms with Gasteiger partial charge in [-0.2, -0.15) is 0 Å². The normalized spacial score (nSPS) is 19.3. The molecule has 4 heteroatoms. The second-order valence-electron chi connectivity index (χ2n) is 5.71. The highest BCUT2D eigenvalue weighted by molar-refractivity contribution is 8.17. The van der Waals surface area contributed by atoms with E-state index < -0.39 is 0 Å². The lowest BCUT2D eigenvalue weighted by atomic mass is 10.0. The average Bonchev–Trinajstić information content (AvgIpc) is 2.67. The largest absolute Gasteiger partial charge is 0.497 e. The highest BCUT2D eigenvalue weighted by atomic mass is 32.2. The molecule has 0 spiro atoms. The van der Waals surface area contributed by atoms with Crippen LogP contribution in [0, 0.1) is 0 Å². The number of benzene rings is 1. The summed E-state index contributed by atoms with van der Waals surface area (Å²) in [4.78, 5) is 15.3. The van der Waals surface area contributed by atoms with Gasteiger partial charge in [-0.1, -0.05) is 25.5 Å². The summed E-state index contributed by atoms with van der Waals surface area (Å²) in [6, 6.07) is 7.91.